The summed E-state index contributed by atoms with van der Waals surface area (Å²) in [5, 5.41) is 6.85. The molecule has 110 valence electrons. The van der Waals surface area contributed by atoms with Gasteiger partial charge in [0.15, 0.2) is 0 Å². The molecule has 0 bridgehead atoms. The molecule has 2 aromatic heterocycles. The zero-order valence-electron chi connectivity index (χ0n) is 11.3. The van der Waals surface area contributed by atoms with Gasteiger partial charge in [-0.25, -0.2) is 4.79 Å². The Morgan fingerprint density at radius 3 is 2.95 bits per heavy atom. The number of H-pyrrole nitrogens is 3. The van der Waals surface area contributed by atoms with E-state index in [9.17, 15) is 14.4 Å². The Bertz CT molecular complexity index is 746. The summed E-state index contributed by atoms with van der Waals surface area (Å²) in [4.78, 5) is 41.1. The molecule has 8 nitrogen and oxygen atoms in total. The number of rotatable bonds is 2. The van der Waals surface area contributed by atoms with E-state index in [1.54, 1.807) is 11.1 Å². The van der Waals surface area contributed by atoms with Gasteiger partial charge in [-0.1, -0.05) is 0 Å². The zero-order valence-corrected chi connectivity index (χ0v) is 11.3. The number of hydrogen-bond donors (Lipinski definition) is 3. The number of likely N-dealkylation sites (tertiary alicyclic amines) is 1. The average Bonchev–Trinajstić information content (AvgIpc) is 3.01. The Kier molecular flexibility index (Phi) is 3.43. The normalized spacial score (nSPS) is 18.7. The van der Waals surface area contributed by atoms with E-state index in [1.807, 2.05) is 6.07 Å². The van der Waals surface area contributed by atoms with Crippen LogP contribution in [-0.2, 0) is 0 Å². The molecule has 0 radical (unpaired) electrons. The minimum atomic E-state index is -0.660. The molecule has 1 aliphatic rings. The number of carbonyl (C=O) groups is 1. The van der Waals surface area contributed by atoms with Gasteiger partial charge < -0.3 is 9.88 Å². The SMILES string of the molecule is O=C(c1c[nH]c(=O)[nH]c1=O)N1CCC[C@H](c2ccn[nH]2)C1. The van der Waals surface area contributed by atoms with Crippen molar-refractivity contribution in [1.29, 1.82) is 0 Å². The monoisotopic (exact) mass is 289 g/mol. The standard InChI is InChI=1S/C13H15N5O3/c19-11-9(6-14-13(21)16-11)12(20)18-5-1-2-8(7-18)10-3-4-15-17-10/h3-4,6,8H,1-2,5,7H2,(H,15,17)(H2,14,16,19,21)/t8-/m0/s1. The quantitative estimate of drug-likeness (QED) is 0.710. The lowest BCUT2D eigenvalue weighted by molar-refractivity contribution is 0.0703. The fraction of sp³-hybridized carbons (Fsp3) is 0.385. The number of aromatic nitrogens is 4. The third kappa shape index (κ3) is 2.64. The second-order valence-corrected chi connectivity index (χ2v) is 5.09. The number of aromatic amines is 3. The lowest BCUT2D eigenvalue weighted by Crippen LogP contribution is -2.42. The number of nitrogens with zero attached hydrogens (tertiary/aromatic N) is 2. The van der Waals surface area contributed by atoms with E-state index in [2.05, 4.69) is 20.2 Å². The molecule has 1 amide bonds. The van der Waals surface area contributed by atoms with E-state index in [1.165, 1.54) is 6.20 Å². The van der Waals surface area contributed by atoms with Crippen molar-refractivity contribution in [2.24, 2.45) is 0 Å². The highest BCUT2D eigenvalue weighted by Crippen LogP contribution is 2.25. The highest BCUT2D eigenvalue weighted by atomic mass is 16.2. The largest absolute Gasteiger partial charge is 0.338 e. The predicted molar refractivity (Wildman–Crippen MR) is 74.1 cm³/mol. The molecule has 1 fully saturated rings. The van der Waals surface area contributed by atoms with Crippen LogP contribution in [0.1, 0.15) is 34.8 Å². The fourth-order valence-electron chi connectivity index (χ4n) is 2.65. The highest BCUT2D eigenvalue weighted by molar-refractivity contribution is 5.93. The van der Waals surface area contributed by atoms with Gasteiger partial charge in [-0.3, -0.25) is 19.7 Å². The topological polar surface area (TPSA) is 115 Å². The van der Waals surface area contributed by atoms with E-state index in [0.717, 1.165) is 18.5 Å². The summed E-state index contributed by atoms with van der Waals surface area (Å²) in [6.45, 7) is 1.13. The second-order valence-electron chi connectivity index (χ2n) is 5.09. The van der Waals surface area contributed by atoms with Gasteiger partial charge in [-0.2, -0.15) is 5.10 Å². The summed E-state index contributed by atoms with van der Waals surface area (Å²) in [6, 6.07) is 1.89. The molecule has 0 spiro atoms. The molecule has 3 rings (SSSR count). The van der Waals surface area contributed by atoms with Crippen molar-refractivity contribution in [1.82, 2.24) is 25.1 Å². The molecule has 1 aliphatic heterocycles. The molecular weight excluding hydrogens is 274 g/mol. The molecule has 0 aromatic carbocycles. The number of nitrogens with one attached hydrogen (secondary N) is 3. The number of hydrogen-bond acceptors (Lipinski definition) is 4. The molecule has 8 heteroatoms. The van der Waals surface area contributed by atoms with Crippen molar-refractivity contribution in [3.05, 3.63) is 50.6 Å². The third-order valence-electron chi connectivity index (χ3n) is 3.72. The Morgan fingerprint density at radius 2 is 2.24 bits per heavy atom. The lowest BCUT2D eigenvalue weighted by atomic mass is 9.94. The first-order valence-corrected chi connectivity index (χ1v) is 6.75. The number of piperidine rings is 1. The maximum atomic E-state index is 12.4. The molecule has 0 aliphatic carbocycles. The molecule has 21 heavy (non-hydrogen) atoms. The molecule has 3 N–H and O–H groups in total. The smallest absolute Gasteiger partial charge is 0.325 e. The van der Waals surface area contributed by atoms with Crippen LogP contribution in [0, 0.1) is 0 Å². The van der Waals surface area contributed by atoms with Crippen LogP contribution in [0.3, 0.4) is 0 Å². The van der Waals surface area contributed by atoms with Gasteiger partial charge in [0.2, 0.25) is 0 Å². The minimum absolute atomic E-state index is 0.0418. The van der Waals surface area contributed by atoms with Crippen molar-refractivity contribution in [2.45, 2.75) is 18.8 Å². The van der Waals surface area contributed by atoms with Crippen LogP contribution < -0.4 is 11.2 Å². The molecule has 0 saturated carbocycles. The van der Waals surface area contributed by atoms with Gasteiger partial charge in [0.25, 0.3) is 11.5 Å². The van der Waals surface area contributed by atoms with Gasteiger partial charge in [0.05, 0.1) is 0 Å². The summed E-state index contributed by atoms with van der Waals surface area (Å²) in [5.74, 6) is -0.177. The fourth-order valence-corrected chi connectivity index (χ4v) is 2.65. The van der Waals surface area contributed by atoms with E-state index in [4.69, 9.17) is 0 Å². The first kappa shape index (κ1) is 13.3. The molecule has 1 atom stereocenters. The first-order valence-electron chi connectivity index (χ1n) is 6.75. The van der Waals surface area contributed by atoms with Crippen LogP contribution in [0.25, 0.3) is 0 Å². The molecule has 1 saturated heterocycles. The molecule has 3 heterocycles. The number of carbonyl (C=O) groups excluding carboxylic acids is 1. The van der Waals surface area contributed by atoms with Gasteiger partial charge in [-0.15, -0.1) is 0 Å². The van der Waals surface area contributed by atoms with Crippen LogP contribution in [0.4, 0.5) is 0 Å². The zero-order chi connectivity index (χ0) is 14.8. The lowest BCUT2D eigenvalue weighted by Gasteiger charge is -2.32. The summed E-state index contributed by atoms with van der Waals surface area (Å²) in [6.07, 6.45) is 4.68. The van der Waals surface area contributed by atoms with Crippen LogP contribution in [0.5, 0.6) is 0 Å². The molecular formula is C13H15N5O3. The summed E-state index contributed by atoms with van der Waals surface area (Å²) >= 11 is 0. The van der Waals surface area contributed by atoms with Gasteiger partial charge in [-0.05, 0) is 18.9 Å². The maximum Gasteiger partial charge on any atom is 0.325 e. The van der Waals surface area contributed by atoms with Gasteiger partial charge in [0.1, 0.15) is 5.56 Å². The molecule has 0 unspecified atom stereocenters. The minimum Gasteiger partial charge on any atom is -0.338 e. The summed E-state index contributed by atoms with van der Waals surface area (Å²) in [7, 11) is 0. The van der Waals surface area contributed by atoms with Crippen LogP contribution in [0.15, 0.2) is 28.0 Å². The molecule has 2 aromatic rings. The Labute approximate surface area is 119 Å². The average molecular weight is 289 g/mol. The van der Waals surface area contributed by atoms with Crippen molar-refractivity contribution in [2.75, 3.05) is 13.1 Å². The Hall–Kier alpha value is -2.64. The van der Waals surface area contributed by atoms with E-state index in [-0.39, 0.29) is 17.4 Å². The Balaban J connectivity index is 1.81. The van der Waals surface area contributed by atoms with Crippen LogP contribution in [-0.4, -0.2) is 44.1 Å². The Morgan fingerprint density at radius 1 is 1.38 bits per heavy atom. The van der Waals surface area contributed by atoms with Crippen molar-refractivity contribution < 1.29 is 4.79 Å². The third-order valence-corrected chi connectivity index (χ3v) is 3.72. The first-order chi connectivity index (χ1) is 10.1. The van der Waals surface area contributed by atoms with E-state index < -0.39 is 11.2 Å². The van der Waals surface area contributed by atoms with Crippen molar-refractivity contribution in [3.8, 4) is 0 Å². The maximum absolute atomic E-state index is 12.4. The van der Waals surface area contributed by atoms with Gasteiger partial charge >= 0.3 is 5.69 Å². The summed E-state index contributed by atoms with van der Waals surface area (Å²) < 4.78 is 0. The summed E-state index contributed by atoms with van der Waals surface area (Å²) in [5.41, 5.74) is -0.333. The number of amides is 1. The highest BCUT2D eigenvalue weighted by Gasteiger charge is 2.27. The van der Waals surface area contributed by atoms with Crippen LogP contribution >= 0.6 is 0 Å². The van der Waals surface area contributed by atoms with Crippen molar-refractivity contribution in [3.63, 3.8) is 0 Å². The van der Waals surface area contributed by atoms with Crippen molar-refractivity contribution >= 4 is 5.91 Å². The van der Waals surface area contributed by atoms with Gasteiger partial charge in [0, 0.05) is 37.1 Å². The van der Waals surface area contributed by atoms with E-state index in [0.29, 0.717) is 13.1 Å². The second kappa shape index (κ2) is 5.39. The van der Waals surface area contributed by atoms with Crippen LogP contribution in [0.2, 0.25) is 0 Å². The predicted octanol–water partition coefficient (Wildman–Crippen LogP) is -0.194. The van der Waals surface area contributed by atoms with E-state index >= 15 is 0 Å².